The number of hydrogen-bond donors (Lipinski definition) is 3. The molecule has 0 fully saturated rings. The minimum atomic E-state index is -0.501. The topological polar surface area (TPSA) is 88.7 Å². The van der Waals surface area contributed by atoms with Gasteiger partial charge in [-0.05, 0) is 48.9 Å². The molecule has 2 aromatic carbocycles. The fraction of sp³-hybridized carbons (Fsp3) is 0.300. The number of nitrogens with zero attached hydrogens (tertiary/aromatic N) is 1. The van der Waals surface area contributed by atoms with Gasteiger partial charge in [-0.15, -0.1) is 35.7 Å². The first-order chi connectivity index (χ1) is 13.6. The van der Waals surface area contributed by atoms with Crippen LogP contribution in [0.1, 0.15) is 12.5 Å². The van der Waals surface area contributed by atoms with Crippen LogP contribution >= 0.6 is 47.3 Å². The molecular formula is C20H26ClIN4O2S. The van der Waals surface area contributed by atoms with E-state index in [1.54, 1.807) is 17.8 Å². The molecule has 0 aliphatic heterocycles. The fourth-order valence-electron chi connectivity index (χ4n) is 2.27. The van der Waals surface area contributed by atoms with Crippen LogP contribution in [0.25, 0.3) is 0 Å². The first-order valence-corrected chi connectivity index (χ1v) is 10.3. The number of ether oxygens (including phenoxy) is 1. The van der Waals surface area contributed by atoms with Crippen molar-refractivity contribution in [2.24, 2.45) is 10.7 Å². The molecule has 6 nitrogen and oxygen atoms in total. The van der Waals surface area contributed by atoms with Crippen molar-refractivity contribution in [3.63, 3.8) is 0 Å². The van der Waals surface area contributed by atoms with Crippen LogP contribution in [0.2, 0.25) is 5.02 Å². The number of nitrogens with one attached hydrogen (secondary N) is 2. The zero-order chi connectivity index (χ0) is 20.2. The van der Waals surface area contributed by atoms with E-state index >= 15 is 0 Å². The van der Waals surface area contributed by atoms with Crippen molar-refractivity contribution in [3.05, 3.63) is 59.1 Å². The van der Waals surface area contributed by atoms with Gasteiger partial charge in [-0.25, -0.2) is 4.99 Å². The average molecular weight is 549 g/mol. The number of nitrogens with two attached hydrogens (primary N) is 1. The molecule has 29 heavy (non-hydrogen) atoms. The number of thioether (sulfide) groups is 1. The molecule has 0 aromatic heterocycles. The normalized spacial score (nSPS) is 10.8. The zero-order valence-electron chi connectivity index (χ0n) is 16.2. The van der Waals surface area contributed by atoms with Crippen molar-refractivity contribution >= 4 is 59.2 Å². The summed E-state index contributed by atoms with van der Waals surface area (Å²) in [6.07, 6.45) is 0. The third-order valence-electron chi connectivity index (χ3n) is 3.52. The first kappa shape index (κ1) is 25.4. The van der Waals surface area contributed by atoms with Gasteiger partial charge >= 0.3 is 0 Å². The number of rotatable bonds is 10. The van der Waals surface area contributed by atoms with Gasteiger partial charge in [0.2, 0.25) is 0 Å². The Hall–Kier alpha value is -1.65. The number of carbonyl (C=O) groups is 1. The number of aliphatic imine (C=N–C) groups is 1. The molecule has 0 heterocycles. The Kier molecular flexibility index (Phi) is 12.6. The maximum atomic E-state index is 10.8. The van der Waals surface area contributed by atoms with E-state index in [2.05, 4.69) is 15.6 Å². The second-order valence-electron chi connectivity index (χ2n) is 5.83. The summed E-state index contributed by atoms with van der Waals surface area (Å²) in [5.74, 6) is 1.76. The predicted molar refractivity (Wildman–Crippen MR) is 132 cm³/mol. The van der Waals surface area contributed by atoms with Gasteiger partial charge in [0.25, 0.3) is 5.91 Å². The number of guanidine groups is 1. The van der Waals surface area contributed by atoms with Gasteiger partial charge < -0.3 is 21.1 Å². The summed E-state index contributed by atoms with van der Waals surface area (Å²) in [6.45, 7) is 3.94. The molecule has 158 valence electrons. The molecule has 0 bridgehead atoms. The van der Waals surface area contributed by atoms with Crippen molar-refractivity contribution in [2.45, 2.75) is 18.4 Å². The maximum Gasteiger partial charge on any atom is 0.255 e. The lowest BCUT2D eigenvalue weighted by molar-refractivity contribution is -0.119. The van der Waals surface area contributed by atoms with E-state index < -0.39 is 5.91 Å². The number of primary amides is 1. The van der Waals surface area contributed by atoms with E-state index in [0.717, 1.165) is 35.4 Å². The quantitative estimate of drug-likeness (QED) is 0.139. The average Bonchev–Trinajstić information content (AvgIpc) is 2.69. The number of amides is 1. The molecule has 0 radical (unpaired) electrons. The van der Waals surface area contributed by atoms with Gasteiger partial charge in [-0.3, -0.25) is 4.79 Å². The summed E-state index contributed by atoms with van der Waals surface area (Å²) in [4.78, 5) is 16.6. The molecule has 0 aliphatic rings. The fourth-order valence-corrected chi connectivity index (χ4v) is 3.16. The minimum absolute atomic E-state index is 0. The van der Waals surface area contributed by atoms with E-state index in [-0.39, 0.29) is 30.6 Å². The number of benzene rings is 2. The van der Waals surface area contributed by atoms with E-state index in [0.29, 0.717) is 12.3 Å². The van der Waals surface area contributed by atoms with Crippen molar-refractivity contribution in [2.75, 3.05) is 25.4 Å². The van der Waals surface area contributed by atoms with Crippen LogP contribution in [-0.4, -0.2) is 37.3 Å². The molecule has 2 rings (SSSR count). The van der Waals surface area contributed by atoms with Gasteiger partial charge in [-0.2, -0.15) is 0 Å². The minimum Gasteiger partial charge on any atom is -0.484 e. The second kappa shape index (κ2) is 14.4. The third-order valence-corrected chi connectivity index (χ3v) is 4.79. The number of halogens is 2. The highest BCUT2D eigenvalue weighted by molar-refractivity contribution is 14.0. The molecule has 1 amide bonds. The van der Waals surface area contributed by atoms with Crippen molar-refractivity contribution < 1.29 is 9.53 Å². The maximum absolute atomic E-state index is 10.8. The van der Waals surface area contributed by atoms with Gasteiger partial charge in [-0.1, -0.05) is 23.7 Å². The largest absolute Gasteiger partial charge is 0.484 e. The van der Waals surface area contributed by atoms with Crippen molar-refractivity contribution in [3.8, 4) is 5.75 Å². The standard InChI is InChI=1S/C20H25ClN4O2S.HI/c1-2-23-20(24-10-11-28-18-8-6-16(21)7-9-18)25-13-15-4-3-5-17(12-15)27-14-19(22)26;/h3-9,12H,2,10-11,13-14H2,1H3,(H2,22,26)(H2,23,24,25);1H. The van der Waals surface area contributed by atoms with E-state index in [1.165, 1.54) is 4.90 Å². The number of hydrogen-bond acceptors (Lipinski definition) is 4. The van der Waals surface area contributed by atoms with Crippen LogP contribution in [0.3, 0.4) is 0 Å². The Bertz CT molecular complexity index is 790. The first-order valence-electron chi connectivity index (χ1n) is 8.97. The summed E-state index contributed by atoms with van der Waals surface area (Å²) >= 11 is 7.66. The van der Waals surface area contributed by atoms with Gasteiger partial charge in [0.05, 0.1) is 6.54 Å². The Balaban J connectivity index is 0.00000420. The molecule has 9 heteroatoms. The third kappa shape index (κ3) is 10.6. The Morgan fingerprint density at radius 3 is 2.66 bits per heavy atom. The summed E-state index contributed by atoms with van der Waals surface area (Å²) < 4.78 is 5.33. The lowest BCUT2D eigenvalue weighted by Gasteiger charge is -2.11. The molecule has 2 aromatic rings. The van der Waals surface area contributed by atoms with Crippen LogP contribution in [0.4, 0.5) is 0 Å². The molecular weight excluding hydrogens is 523 g/mol. The lowest BCUT2D eigenvalue weighted by Crippen LogP contribution is -2.38. The highest BCUT2D eigenvalue weighted by atomic mass is 127. The monoisotopic (exact) mass is 548 g/mol. The molecule has 0 saturated carbocycles. The molecule has 0 saturated heterocycles. The summed E-state index contributed by atoms with van der Waals surface area (Å²) in [7, 11) is 0. The highest BCUT2D eigenvalue weighted by Gasteiger charge is 2.01. The van der Waals surface area contributed by atoms with Crippen LogP contribution < -0.4 is 21.1 Å². The Labute approximate surface area is 198 Å². The van der Waals surface area contributed by atoms with Gasteiger partial charge in [0.1, 0.15) is 5.75 Å². The Morgan fingerprint density at radius 1 is 1.21 bits per heavy atom. The van der Waals surface area contributed by atoms with Crippen LogP contribution in [-0.2, 0) is 11.3 Å². The summed E-state index contributed by atoms with van der Waals surface area (Å²) in [5, 5.41) is 7.30. The van der Waals surface area contributed by atoms with Crippen LogP contribution in [0.15, 0.2) is 58.4 Å². The number of carbonyl (C=O) groups excluding carboxylic acids is 1. The van der Waals surface area contributed by atoms with E-state index in [1.807, 2.05) is 49.4 Å². The zero-order valence-corrected chi connectivity index (χ0v) is 20.1. The smallest absolute Gasteiger partial charge is 0.255 e. The molecule has 0 aliphatic carbocycles. The van der Waals surface area contributed by atoms with Crippen LogP contribution in [0.5, 0.6) is 5.75 Å². The summed E-state index contributed by atoms with van der Waals surface area (Å²) in [6, 6.07) is 15.3. The van der Waals surface area contributed by atoms with Crippen LogP contribution in [0, 0.1) is 0 Å². The second-order valence-corrected chi connectivity index (χ2v) is 7.43. The van der Waals surface area contributed by atoms with E-state index in [4.69, 9.17) is 22.1 Å². The molecule has 0 atom stereocenters. The highest BCUT2D eigenvalue weighted by Crippen LogP contribution is 2.19. The van der Waals surface area contributed by atoms with Gasteiger partial charge in [0.15, 0.2) is 12.6 Å². The van der Waals surface area contributed by atoms with Gasteiger partial charge in [0, 0.05) is 28.8 Å². The van der Waals surface area contributed by atoms with Crippen molar-refractivity contribution in [1.29, 1.82) is 0 Å². The lowest BCUT2D eigenvalue weighted by atomic mass is 10.2. The molecule has 0 spiro atoms. The molecule has 0 unspecified atom stereocenters. The SMILES string of the molecule is CCNC(=NCc1cccc(OCC(N)=O)c1)NCCSc1ccc(Cl)cc1.I. The summed E-state index contributed by atoms with van der Waals surface area (Å²) in [5.41, 5.74) is 6.08. The van der Waals surface area contributed by atoms with E-state index in [9.17, 15) is 4.79 Å². The predicted octanol–water partition coefficient (Wildman–Crippen LogP) is 3.67. The Morgan fingerprint density at radius 2 is 1.97 bits per heavy atom. The van der Waals surface area contributed by atoms with Crippen molar-refractivity contribution in [1.82, 2.24) is 10.6 Å². The molecule has 4 N–H and O–H groups in total.